The molecule has 0 bridgehead atoms. The minimum Gasteiger partial charge on any atom is -0.497 e. The van der Waals surface area contributed by atoms with Crippen LogP contribution < -0.4 is 10.1 Å². The van der Waals surface area contributed by atoms with Crippen LogP contribution in [-0.4, -0.2) is 20.2 Å². The van der Waals surface area contributed by atoms with Crippen molar-refractivity contribution in [2.75, 3.05) is 19.5 Å². The number of hydrogen-bond acceptors (Lipinski definition) is 4. The summed E-state index contributed by atoms with van der Waals surface area (Å²) in [7, 11) is 2.99. The van der Waals surface area contributed by atoms with Crippen LogP contribution >= 0.6 is 11.6 Å². The fourth-order valence-electron chi connectivity index (χ4n) is 2.13. The van der Waals surface area contributed by atoms with Crippen LogP contribution in [0.25, 0.3) is 0 Å². The summed E-state index contributed by atoms with van der Waals surface area (Å²) in [5.41, 5.74) is 1.72. The third-order valence-corrected chi connectivity index (χ3v) is 3.65. The Morgan fingerprint density at radius 3 is 2.41 bits per heavy atom. The zero-order valence-corrected chi connectivity index (χ0v) is 13.3. The van der Waals surface area contributed by atoms with Crippen LogP contribution in [0.15, 0.2) is 48.5 Å². The van der Waals surface area contributed by atoms with E-state index in [2.05, 4.69) is 5.32 Å². The molecule has 0 aromatic heterocycles. The van der Waals surface area contributed by atoms with Crippen LogP contribution in [0.3, 0.4) is 0 Å². The van der Waals surface area contributed by atoms with Crippen molar-refractivity contribution in [3.05, 3.63) is 59.1 Å². The van der Waals surface area contributed by atoms with E-state index in [1.54, 1.807) is 13.2 Å². The molecule has 0 aliphatic heterocycles. The molecule has 0 amide bonds. The van der Waals surface area contributed by atoms with Crippen LogP contribution in [0.5, 0.6) is 5.75 Å². The molecule has 0 fully saturated rings. The molecule has 0 radical (unpaired) electrons. The highest BCUT2D eigenvalue weighted by atomic mass is 35.5. The van der Waals surface area contributed by atoms with E-state index in [0.29, 0.717) is 5.02 Å². The molecule has 0 spiro atoms. The van der Waals surface area contributed by atoms with Crippen LogP contribution in [0.4, 0.5) is 5.69 Å². The second-order valence-corrected chi connectivity index (χ2v) is 5.13. The van der Waals surface area contributed by atoms with Crippen molar-refractivity contribution < 1.29 is 14.3 Å². The summed E-state index contributed by atoms with van der Waals surface area (Å²) in [6.07, 6.45) is 0.187. The molecule has 22 heavy (non-hydrogen) atoms. The molecule has 5 heteroatoms. The number of carbonyl (C=O) groups excluding carboxylic acids is 1. The predicted molar refractivity (Wildman–Crippen MR) is 87.4 cm³/mol. The Bertz CT molecular complexity index is 628. The van der Waals surface area contributed by atoms with Crippen molar-refractivity contribution in [3.8, 4) is 5.75 Å². The highest BCUT2D eigenvalue weighted by Crippen LogP contribution is 2.29. The van der Waals surface area contributed by atoms with Crippen LogP contribution in [-0.2, 0) is 9.53 Å². The number of halogens is 1. The molecular formula is C17H18ClNO3. The molecule has 1 N–H and O–H groups in total. The maximum absolute atomic E-state index is 11.7. The van der Waals surface area contributed by atoms with E-state index in [0.717, 1.165) is 17.0 Å². The van der Waals surface area contributed by atoms with Gasteiger partial charge in [0.05, 0.1) is 26.7 Å². The smallest absolute Gasteiger partial charge is 0.307 e. The number of anilines is 1. The molecular weight excluding hydrogens is 302 g/mol. The van der Waals surface area contributed by atoms with Gasteiger partial charge in [0.2, 0.25) is 0 Å². The van der Waals surface area contributed by atoms with Crippen molar-refractivity contribution >= 4 is 23.3 Å². The fourth-order valence-corrected chi connectivity index (χ4v) is 2.40. The van der Waals surface area contributed by atoms with Gasteiger partial charge in [0.25, 0.3) is 0 Å². The van der Waals surface area contributed by atoms with Gasteiger partial charge in [0.15, 0.2) is 0 Å². The van der Waals surface area contributed by atoms with Gasteiger partial charge in [-0.1, -0.05) is 29.8 Å². The van der Waals surface area contributed by atoms with E-state index in [1.807, 2.05) is 42.5 Å². The van der Waals surface area contributed by atoms with E-state index in [4.69, 9.17) is 21.1 Å². The molecule has 4 nitrogen and oxygen atoms in total. The highest BCUT2D eigenvalue weighted by Gasteiger charge is 2.18. The van der Waals surface area contributed by atoms with Crippen LogP contribution in [0.2, 0.25) is 5.02 Å². The minimum atomic E-state index is -0.300. The van der Waals surface area contributed by atoms with E-state index < -0.39 is 0 Å². The largest absolute Gasteiger partial charge is 0.497 e. The second kappa shape index (κ2) is 7.71. The number of ether oxygens (including phenoxy) is 2. The zero-order chi connectivity index (χ0) is 15.9. The van der Waals surface area contributed by atoms with Crippen molar-refractivity contribution in [2.45, 2.75) is 12.5 Å². The number of hydrogen-bond donors (Lipinski definition) is 1. The Kier molecular flexibility index (Phi) is 5.67. The van der Waals surface area contributed by atoms with Gasteiger partial charge in [-0.05, 0) is 35.9 Å². The summed E-state index contributed by atoms with van der Waals surface area (Å²) in [5, 5.41) is 3.92. The standard InChI is InChI=1S/C17H18ClNO3/c1-21-13-9-7-12(8-10-13)19-16(11-17(20)22-2)14-5-3-4-6-15(14)18/h3-10,16,19H,11H2,1-2H3/t16-/m1/s1. The van der Waals surface area contributed by atoms with Gasteiger partial charge in [-0.15, -0.1) is 0 Å². The lowest BCUT2D eigenvalue weighted by Gasteiger charge is -2.20. The molecule has 0 saturated carbocycles. The van der Waals surface area contributed by atoms with Crippen LogP contribution in [0.1, 0.15) is 18.0 Å². The van der Waals surface area contributed by atoms with Crippen LogP contribution in [0, 0.1) is 0 Å². The van der Waals surface area contributed by atoms with Crippen molar-refractivity contribution in [2.24, 2.45) is 0 Å². The Hall–Kier alpha value is -2.20. The lowest BCUT2D eigenvalue weighted by atomic mass is 10.0. The van der Waals surface area contributed by atoms with Crippen molar-refractivity contribution in [1.82, 2.24) is 0 Å². The first kappa shape index (κ1) is 16.2. The third-order valence-electron chi connectivity index (χ3n) is 3.31. The van der Waals surface area contributed by atoms with Gasteiger partial charge in [-0.2, -0.15) is 0 Å². The molecule has 0 aliphatic rings. The molecule has 2 aromatic carbocycles. The van der Waals surface area contributed by atoms with Gasteiger partial charge in [0.1, 0.15) is 5.75 Å². The van der Waals surface area contributed by atoms with Gasteiger partial charge >= 0.3 is 5.97 Å². The SMILES string of the molecule is COC(=O)C[C@@H](Nc1ccc(OC)cc1)c1ccccc1Cl. The molecule has 2 aromatic rings. The first-order valence-electron chi connectivity index (χ1n) is 6.86. The zero-order valence-electron chi connectivity index (χ0n) is 12.5. The lowest BCUT2D eigenvalue weighted by molar-refractivity contribution is -0.140. The summed E-state index contributed by atoms with van der Waals surface area (Å²) in [5.74, 6) is 0.471. The average molecular weight is 320 g/mol. The molecule has 1 atom stereocenters. The van der Waals surface area contributed by atoms with Gasteiger partial charge < -0.3 is 14.8 Å². The summed E-state index contributed by atoms with van der Waals surface area (Å²) >= 11 is 6.25. The number of benzene rings is 2. The van der Waals surface area contributed by atoms with Crippen molar-refractivity contribution in [3.63, 3.8) is 0 Å². The second-order valence-electron chi connectivity index (χ2n) is 4.73. The predicted octanol–water partition coefficient (Wildman–Crippen LogP) is 4.06. The number of rotatable bonds is 6. The molecule has 2 rings (SSSR count). The molecule has 0 heterocycles. The van der Waals surface area contributed by atoms with Gasteiger partial charge in [0, 0.05) is 10.7 Å². The number of nitrogens with one attached hydrogen (secondary N) is 1. The fraction of sp³-hybridized carbons (Fsp3) is 0.235. The topological polar surface area (TPSA) is 47.6 Å². The third kappa shape index (κ3) is 4.15. The highest BCUT2D eigenvalue weighted by molar-refractivity contribution is 6.31. The number of esters is 1. The van der Waals surface area contributed by atoms with Gasteiger partial charge in [-0.3, -0.25) is 4.79 Å². The Morgan fingerprint density at radius 2 is 1.82 bits per heavy atom. The van der Waals surface area contributed by atoms with Crippen molar-refractivity contribution in [1.29, 1.82) is 0 Å². The van der Waals surface area contributed by atoms with Gasteiger partial charge in [-0.25, -0.2) is 0 Å². The normalized spacial score (nSPS) is 11.6. The maximum atomic E-state index is 11.7. The lowest BCUT2D eigenvalue weighted by Crippen LogP contribution is -2.16. The number of methoxy groups -OCH3 is 2. The first-order chi connectivity index (χ1) is 10.6. The summed E-state index contributed by atoms with van der Waals surface area (Å²) in [6, 6.07) is 14.7. The monoisotopic (exact) mass is 319 g/mol. The average Bonchev–Trinajstić information content (AvgIpc) is 2.55. The summed E-state index contributed by atoms with van der Waals surface area (Å²) in [4.78, 5) is 11.7. The Labute approximate surface area is 135 Å². The summed E-state index contributed by atoms with van der Waals surface area (Å²) in [6.45, 7) is 0. The molecule has 0 aliphatic carbocycles. The minimum absolute atomic E-state index is 0.187. The van der Waals surface area contributed by atoms with E-state index in [9.17, 15) is 4.79 Å². The van der Waals surface area contributed by atoms with E-state index in [1.165, 1.54) is 7.11 Å². The molecule has 116 valence electrons. The Balaban J connectivity index is 2.24. The Morgan fingerprint density at radius 1 is 1.14 bits per heavy atom. The maximum Gasteiger partial charge on any atom is 0.307 e. The number of carbonyl (C=O) groups is 1. The first-order valence-corrected chi connectivity index (χ1v) is 7.23. The quantitative estimate of drug-likeness (QED) is 0.815. The summed E-state index contributed by atoms with van der Waals surface area (Å²) < 4.78 is 9.91. The van der Waals surface area contributed by atoms with E-state index in [-0.39, 0.29) is 18.4 Å². The molecule has 0 saturated heterocycles. The van der Waals surface area contributed by atoms with E-state index >= 15 is 0 Å². The molecule has 0 unspecified atom stereocenters.